The second kappa shape index (κ2) is 11.4. The number of aromatic nitrogens is 2. The fourth-order valence-electron chi connectivity index (χ4n) is 5.39. The van der Waals surface area contributed by atoms with E-state index in [1.165, 1.54) is 0 Å². The highest BCUT2D eigenvalue weighted by atomic mass is 16.6. The molecule has 0 spiro atoms. The van der Waals surface area contributed by atoms with E-state index in [-0.39, 0.29) is 30.7 Å². The van der Waals surface area contributed by atoms with Gasteiger partial charge in [0.05, 0.1) is 30.6 Å². The van der Waals surface area contributed by atoms with E-state index in [1.54, 1.807) is 45.3 Å². The Morgan fingerprint density at radius 2 is 2.14 bits per heavy atom. The number of quaternary nitrogens is 1. The quantitative estimate of drug-likeness (QED) is 0.350. The van der Waals surface area contributed by atoms with Gasteiger partial charge in [0.1, 0.15) is 23.4 Å². The number of hydrogen-bond donors (Lipinski definition) is 3. The monoisotopic (exact) mass is 603 g/mol. The van der Waals surface area contributed by atoms with Gasteiger partial charge in [0.15, 0.2) is 12.4 Å². The first kappa shape index (κ1) is 29.3. The summed E-state index contributed by atoms with van der Waals surface area (Å²) < 4.78 is 25.6. The van der Waals surface area contributed by atoms with Crippen molar-refractivity contribution in [3.8, 4) is 17.2 Å². The molecule has 0 saturated heterocycles. The second-order valence-electron chi connectivity index (χ2n) is 11.1. The van der Waals surface area contributed by atoms with Crippen LogP contribution in [0.15, 0.2) is 51.3 Å². The molecule has 14 nitrogen and oxygen atoms in total. The second-order valence-corrected chi connectivity index (χ2v) is 11.1. The minimum atomic E-state index is -1.10. The van der Waals surface area contributed by atoms with Gasteiger partial charge in [-0.15, -0.1) is 0 Å². The largest absolute Gasteiger partial charge is 0.857 e. The lowest BCUT2D eigenvalue weighted by molar-refractivity contribution is -0.730. The van der Waals surface area contributed by atoms with E-state index in [0.717, 1.165) is 12.0 Å². The van der Waals surface area contributed by atoms with Crippen molar-refractivity contribution < 1.29 is 38.9 Å². The molecule has 2 unspecified atom stereocenters. The van der Waals surface area contributed by atoms with Crippen LogP contribution in [-0.4, -0.2) is 75.6 Å². The van der Waals surface area contributed by atoms with Crippen LogP contribution < -0.4 is 24.2 Å². The third-order valence-electron chi connectivity index (χ3n) is 7.50. The molecule has 2 atom stereocenters. The Balaban J connectivity index is 1.40. The molecule has 44 heavy (non-hydrogen) atoms. The average molecular weight is 604 g/mol. The van der Waals surface area contributed by atoms with Crippen molar-refractivity contribution >= 4 is 40.9 Å². The highest BCUT2D eigenvalue weighted by Gasteiger charge is 2.40. The van der Waals surface area contributed by atoms with Crippen LogP contribution in [-0.2, 0) is 22.5 Å². The maximum atomic E-state index is 12.8. The van der Waals surface area contributed by atoms with Gasteiger partial charge < -0.3 is 29.2 Å². The highest BCUT2D eigenvalue weighted by Crippen LogP contribution is 2.50. The maximum Gasteiger partial charge on any atom is 0.374 e. The summed E-state index contributed by atoms with van der Waals surface area (Å²) in [6.45, 7) is 8.23. The first-order valence-electron chi connectivity index (χ1n) is 14.4. The van der Waals surface area contributed by atoms with Gasteiger partial charge in [0.2, 0.25) is 11.7 Å². The number of ether oxygens (including phenoxy) is 4. The molecule has 230 valence electrons. The van der Waals surface area contributed by atoms with Gasteiger partial charge in [-0.1, -0.05) is 13.0 Å². The molecule has 4 aliphatic heterocycles. The van der Waals surface area contributed by atoms with E-state index in [4.69, 9.17) is 24.4 Å². The first-order valence-corrected chi connectivity index (χ1v) is 14.4. The zero-order valence-corrected chi connectivity index (χ0v) is 24.8. The van der Waals surface area contributed by atoms with Crippen LogP contribution in [0.1, 0.15) is 45.2 Å². The SMILES string of the molecule is CCCOc1c2c(cc3c1C(=CCn1ccnc1[NH+]1CN=C4C([O-])=NC(=N)N=C41)C=C(C(=O)OCC)O3)OC(C(C)(C)O)C2. The summed E-state index contributed by atoms with van der Waals surface area (Å²) in [4.78, 5) is 30.0. The minimum Gasteiger partial charge on any atom is -0.857 e. The van der Waals surface area contributed by atoms with Crippen molar-refractivity contribution in [2.45, 2.75) is 58.8 Å². The number of hydrogen-bond acceptors (Lipinski definition) is 10. The number of benzene rings is 1. The maximum absolute atomic E-state index is 12.8. The van der Waals surface area contributed by atoms with Crippen LogP contribution >= 0.6 is 0 Å². The van der Waals surface area contributed by atoms with Crippen LogP contribution in [0.25, 0.3) is 5.57 Å². The molecule has 3 N–H and O–H groups in total. The summed E-state index contributed by atoms with van der Waals surface area (Å²) >= 11 is 0. The predicted octanol–water partition coefficient (Wildman–Crippen LogP) is 0.703. The van der Waals surface area contributed by atoms with Crippen LogP contribution in [0, 0.1) is 5.41 Å². The van der Waals surface area contributed by atoms with E-state index in [1.807, 2.05) is 17.6 Å². The molecule has 0 bridgehead atoms. The topological polar surface area (TPSA) is 180 Å². The molecule has 0 saturated carbocycles. The Morgan fingerprint density at radius 3 is 2.89 bits per heavy atom. The zero-order chi connectivity index (χ0) is 31.2. The molecule has 0 fully saturated rings. The van der Waals surface area contributed by atoms with Crippen molar-refractivity contribution in [2.75, 3.05) is 19.9 Å². The van der Waals surface area contributed by atoms with Gasteiger partial charge in [-0.25, -0.2) is 19.7 Å². The molecule has 4 aliphatic rings. The minimum absolute atomic E-state index is 0.00965. The highest BCUT2D eigenvalue weighted by molar-refractivity contribution is 6.66. The molecule has 0 aliphatic carbocycles. The fraction of sp³-hybridized carbons (Fsp3) is 0.400. The molecule has 6 rings (SSSR count). The number of nitrogens with one attached hydrogen (secondary N) is 2. The zero-order valence-electron chi connectivity index (χ0n) is 24.8. The lowest BCUT2D eigenvalue weighted by Gasteiger charge is -2.24. The normalized spacial score (nSPS) is 21.3. The van der Waals surface area contributed by atoms with Crippen molar-refractivity contribution in [3.05, 3.63) is 47.5 Å². The molecule has 5 heterocycles. The Bertz CT molecular complexity index is 1690. The summed E-state index contributed by atoms with van der Waals surface area (Å²) in [6.07, 6.45) is 7.66. The van der Waals surface area contributed by atoms with Gasteiger partial charge in [-0.2, -0.15) is 9.98 Å². The molecule has 0 amide bonds. The summed E-state index contributed by atoms with van der Waals surface area (Å²) in [5.74, 6) is 0.753. The first-order chi connectivity index (χ1) is 21.1. The smallest absolute Gasteiger partial charge is 0.374 e. The van der Waals surface area contributed by atoms with Gasteiger partial charge in [-0.3, -0.25) is 9.98 Å². The number of guanidine groups is 1. The standard InChI is InChI=1S/C30H33N7O7/c1-5-11-42-24-17-13-21(30(3,4)40)44-18(17)14-19-22(24)16(12-20(43-19)27(39)41-6-2)7-9-36-10-8-32-29(36)37-15-33-23-25(37)34-28(31)35-26(23)38/h7-8,10,12,14,21,40H,5-6,9,11,13,15H2,1-4H3,(H2,31,35,38). The number of rotatable bonds is 9. The number of fused-ring (bicyclic) bond motifs is 3. The van der Waals surface area contributed by atoms with Crippen molar-refractivity contribution in [2.24, 2.45) is 15.0 Å². The number of aliphatic hydroxyl groups is 1. The van der Waals surface area contributed by atoms with E-state index < -0.39 is 23.6 Å². The van der Waals surface area contributed by atoms with Gasteiger partial charge in [0.25, 0.3) is 5.84 Å². The van der Waals surface area contributed by atoms with Crippen LogP contribution in [0.2, 0.25) is 0 Å². The lowest BCUT2D eigenvalue weighted by Crippen LogP contribution is -3.10. The van der Waals surface area contributed by atoms with Crippen LogP contribution in [0.4, 0.5) is 5.95 Å². The predicted molar refractivity (Wildman–Crippen MR) is 158 cm³/mol. The molecule has 14 heteroatoms. The van der Waals surface area contributed by atoms with E-state index in [2.05, 4.69) is 20.0 Å². The number of imidazole rings is 1. The Kier molecular flexibility index (Phi) is 7.55. The van der Waals surface area contributed by atoms with Crippen LogP contribution in [0.3, 0.4) is 0 Å². The number of esters is 1. The summed E-state index contributed by atoms with van der Waals surface area (Å²) in [5.41, 5.74) is 1.16. The number of carbonyl (C=O) groups is 1. The van der Waals surface area contributed by atoms with Gasteiger partial charge >= 0.3 is 11.9 Å². The molecule has 2 aromatic rings. The lowest BCUT2D eigenvalue weighted by atomic mass is 9.92. The van der Waals surface area contributed by atoms with E-state index in [0.29, 0.717) is 64.6 Å². The number of nitrogens with zero attached hydrogens (tertiary/aromatic N) is 5. The number of amidine groups is 1. The number of allylic oxidation sites excluding steroid dienone is 3. The van der Waals surface area contributed by atoms with Gasteiger partial charge in [0, 0.05) is 36.7 Å². The summed E-state index contributed by atoms with van der Waals surface area (Å²) in [6, 6.07) is 1.73. The molecule has 1 aromatic heterocycles. The number of aliphatic imine (C=N–C) groups is 3. The van der Waals surface area contributed by atoms with Crippen LogP contribution in [0.5, 0.6) is 17.2 Å². The Hall–Kier alpha value is -4.82. The van der Waals surface area contributed by atoms with E-state index >= 15 is 0 Å². The van der Waals surface area contributed by atoms with Crippen molar-refractivity contribution in [1.29, 1.82) is 5.41 Å². The molecular weight excluding hydrogens is 570 g/mol. The third-order valence-corrected chi connectivity index (χ3v) is 7.50. The average Bonchev–Trinajstić information content (AvgIpc) is 3.72. The molecular formula is C30H33N7O7. The van der Waals surface area contributed by atoms with Crippen molar-refractivity contribution in [1.82, 2.24) is 9.55 Å². The number of carbonyl (C=O) groups excluding carboxylic acids is 1. The van der Waals surface area contributed by atoms with Gasteiger partial charge in [-0.05, 0) is 38.8 Å². The molecule has 0 radical (unpaired) electrons. The Morgan fingerprint density at radius 1 is 1.32 bits per heavy atom. The summed E-state index contributed by atoms with van der Waals surface area (Å²) in [7, 11) is 0. The van der Waals surface area contributed by atoms with Crippen molar-refractivity contribution in [3.63, 3.8) is 0 Å². The third kappa shape index (κ3) is 5.26. The molecule has 1 aromatic carbocycles. The fourth-order valence-corrected chi connectivity index (χ4v) is 5.39. The Labute approximate surface area is 253 Å². The summed E-state index contributed by atoms with van der Waals surface area (Å²) in [5, 5.41) is 30.8. The van der Waals surface area contributed by atoms with E-state index in [9.17, 15) is 15.0 Å².